The van der Waals surface area contributed by atoms with Crippen LogP contribution in [-0.4, -0.2) is 41.0 Å². The minimum Gasteiger partial charge on any atom is -0.474 e. The number of nitrogens with one attached hydrogen (secondary N) is 1. The van der Waals surface area contributed by atoms with Crippen molar-refractivity contribution in [3.05, 3.63) is 77.8 Å². The molecule has 1 amide bonds. The van der Waals surface area contributed by atoms with Gasteiger partial charge in [-0.05, 0) is 42.5 Å². The van der Waals surface area contributed by atoms with Crippen LogP contribution < -0.4 is 10.1 Å². The number of benzene rings is 1. The van der Waals surface area contributed by atoms with E-state index in [2.05, 4.69) is 15.4 Å². The first kappa shape index (κ1) is 20.6. The van der Waals surface area contributed by atoms with Crippen LogP contribution in [0.4, 0.5) is 5.69 Å². The van der Waals surface area contributed by atoms with Crippen molar-refractivity contribution in [2.75, 3.05) is 25.6 Å². The van der Waals surface area contributed by atoms with E-state index < -0.39 is 5.91 Å². The zero-order valence-corrected chi connectivity index (χ0v) is 17.4. The van der Waals surface area contributed by atoms with Gasteiger partial charge in [-0.15, -0.1) is 0 Å². The Labute approximate surface area is 183 Å². The Kier molecular flexibility index (Phi) is 6.30. The van der Waals surface area contributed by atoms with E-state index in [1.807, 2.05) is 12.1 Å². The number of carbonyl (C=O) groups is 1. The van der Waals surface area contributed by atoms with Gasteiger partial charge < -0.3 is 19.2 Å². The summed E-state index contributed by atoms with van der Waals surface area (Å²) in [5, 5.41) is 7.84. The fourth-order valence-corrected chi connectivity index (χ4v) is 3.09. The second-order valence-corrected chi connectivity index (χ2v) is 6.87. The number of amides is 1. The number of hydrogen-bond acceptors (Lipinski definition) is 6. The van der Waals surface area contributed by atoms with E-state index in [1.165, 1.54) is 0 Å². The average molecular weight is 439 g/mol. The van der Waals surface area contributed by atoms with Crippen molar-refractivity contribution in [2.45, 2.75) is 0 Å². The molecule has 0 radical (unpaired) electrons. The zero-order valence-electron chi connectivity index (χ0n) is 16.6. The smallest absolute Gasteiger partial charge is 0.276 e. The average Bonchev–Trinajstić information content (AvgIpc) is 3.45. The molecule has 0 spiro atoms. The van der Waals surface area contributed by atoms with Crippen LogP contribution in [0.15, 0.2) is 71.5 Å². The van der Waals surface area contributed by atoms with Crippen molar-refractivity contribution in [3.8, 4) is 23.0 Å². The summed E-state index contributed by atoms with van der Waals surface area (Å²) < 4.78 is 17.7. The van der Waals surface area contributed by atoms with Gasteiger partial charge in [-0.25, -0.2) is 9.67 Å². The van der Waals surface area contributed by atoms with Gasteiger partial charge in [0.15, 0.2) is 11.5 Å². The van der Waals surface area contributed by atoms with Crippen molar-refractivity contribution in [3.63, 3.8) is 0 Å². The first-order valence-electron chi connectivity index (χ1n) is 9.43. The van der Waals surface area contributed by atoms with Gasteiger partial charge in [0.25, 0.3) is 5.91 Å². The minimum absolute atomic E-state index is 0.193. The first-order chi connectivity index (χ1) is 15.2. The summed E-state index contributed by atoms with van der Waals surface area (Å²) in [6.07, 6.45) is 3.14. The van der Waals surface area contributed by atoms with Crippen LogP contribution in [0, 0.1) is 0 Å². The lowest BCUT2D eigenvalue weighted by Gasteiger charge is -2.10. The maximum atomic E-state index is 13.0. The molecule has 1 N–H and O–H groups in total. The number of pyridine rings is 1. The van der Waals surface area contributed by atoms with E-state index in [9.17, 15) is 4.79 Å². The summed E-state index contributed by atoms with van der Waals surface area (Å²) in [7, 11) is 1.58. The quantitative estimate of drug-likeness (QED) is 0.408. The highest BCUT2D eigenvalue weighted by Gasteiger charge is 2.20. The molecule has 3 heterocycles. The SMILES string of the molecule is COCCOc1ncccc1NC(=O)c1cc(-c2ccco2)n(-c2cccc(Cl)c2)n1. The van der Waals surface area contributed by atoms with Gasteiger partial charge in [-0.2, -0.15) is 5.10 Å². The van der Waals surface area contributed by atoms with E-state index in [1.54, 1.807) is 66.7 Å². The molecule has 0 atom stereocenters. The number of hydrogen-bond donors (Lipinski definition) is 1. The number of anilines is 1. The molecule has 9 heteroatoms. The summed E-state index contributed by atoms with van der Waals surface area (Å²) in [5.41, 5.74) is 1.93. The van der Waals surface area contributed by atoms with Gasteiger partial charge in [0.2, 0.25) is 5.88 Å². The number of aromatic nitrogens is 3. The Hall–Kier alpha value is -3.62. The van der Waals surface area contributed by atoms with Gasteiger partial charge in [-0.3, -0.25) is 4.79 Å². The van der Waals surface area contributed by atoms with Gasteiger partial charge in [0, 0.05) is 24.4 Å². The van der Waals surface area contributed by atoms with E-state index in [-0.39, 0.29) is 5.69 Å². The largest absolute Gasteiger partial charge is 0.474 e. The molecule has 4 rings (SSSR count). The molecule has 0 aliphatic rings. The summed E-state index contributed by atoms with van der Waals surface area (Å²) in [5.74, 6) is 0.447. The van der Waals surface area contributed by atoms with Crippen LogP contribution in [0.5, 0.6) is 5.88 Å². The zero-order chi connectivity index (χ0) is 21.6. The normalized spacial score (nSPS) is 10.8. The van der Waals surface area contributed by atoms with E-state index >= 15 is 0 Å². The van der Waals surface area contributed by atoms with Crippen molar-refractivity contribution >= 4 is 23.2 Å². The monoisotopic (exact) mass is 438 g/mol. The Morgan fingerprint density at radius 1 is 1.16 bits per heavy atom. The lowest BCUT2D eigenvalue weighted by Crippen LogP contribution is -2.15. The summed E-state index contributed by atoms with van der Waals surface area (Å²) >= 11 is 6.14. The molecule has 0 saturated heterocycles. The van der Waals surface area contributed by atoms with Crippen LogP contribution >= 0.6 is 11.6 Å². The third-order valence-electron chi connectivity index (χ3n) is 4.31. The molecule has 0 fully saturated rings. The summed E-state index contributed by atoms with van der Waals surface area (Å²) in [4.78, 5) is 17.1. The molecule has 0 bridgehead atoms. The van der Waals surface area contributed by atoms with Gasteiger partial charge in [0.1, 0.15) is 18.0 Å². The molecule has 1 aromatic carbocycles. The highest BCUT2D eigenvalue weighted by Crippen LogP contribution is 2.27. The number of halogens is 1. The second-order valence-electron chi connectivity index (χ2n) is 6.44. The van der Waals surface area contributed by atoms with Crippen molar-refractivity contribution in [1.82, 2.24) is 14.8 Å². The molecule has 0 aliphatic carbocycles. The predicted octanol–water partition coefficient (Wildman–Crippen LogP) is 4.46. The topological polar surface area (TPSA) is 91.4 Å². The number of methoxy groups -OCH3 is 1. The third-order valence-corrected chi connectivity index (χ3v) is 4.55. The Morgan fingerprint density at radius 3 is 2.84 bits per heavy atom. The maximum absolute atomic E-state index is 13.0. The number of ether oxygens (including phenoxy) is 2. The van der Waals surface area contributed by atoms with Crippen molar-refractivity contribution < 1.29 is 18.7 Å². The number of rotatable bonds is 8. The number of furan rings is 1. The Morgan fingerprint density at radius 2 is 2.06 bits per heavy atom. The molecule has 3 aromatic heterocycles. The van der Waals surface area contributed by atoms with Gasteiger partial charge in [-0.1, -0.05) is 17.7 Å². The van der Waals surface area contributed by atoms with Crippen LogP contribution in [0.1, 0.15) is 10.5 Å². The predicted molar refractivity (Wildman–Crippen MR) is 116 cm³/mol. The summed E-state index contributed by atoms with van der Waals surface area (Å²) in [6.45, 7) is 0.711. The second kappa shape index (κ2) is 9.46. The lowest BCUT2D eigenvalue weighted by molar-refractivity contribution is 0.102. The molecule has 0 unspecified atom stereocenters. The highest BCUT2D eigenvalue weighted by atomic mass is 35.5. The van der Waals surface area contributed by atoms with Crippen LogP contribution in [0.3, 0.4) is 0 Å². The van der Waals surface area contributed by atoms with E-state index in [0.717, 1.165) is 0 Å². The number of nitrogens with zero attached hydrogens (tertiary/aromatic N) is 3. The number of carbonyl (C=O) groups excluding carboxylic acids is 1. The molecule has 0 saturated carbocycles. The van der Waals surface area contributed by atoms with Gasteiger partial charge >= 0.3 is 0 Å². The minimum atomic E-state index is -0.418. The van der Waals surface area contributed by atoms with E-state index in [4.69, 9.17) is 25.5 Å². The molecule has 0 aliphatic heterocycles. The van der Waals surface area contributed by atoms with Gasteiger partial charge in [0.05, 0.1) is 18.6 Å². The highest BCUT2D eigenvalue weighted by molar-refractivity contribution is 6.30. The van der Waals surface area contributed by atoms with Crippen molar-refractivity contribution in [1.29, 1.82) is 0 Å². The fourth-order valence-electron chi connectivity index (χ4n) is 2.91. The molecule has 31 heavy (non-hydrogen) atoms. The van der Waals surface area contributed by atoms with E-state index in [0.29, 0.717) is 46.9 Å². The summed E-state index contributed by atoms with van der Waals surface area (Å²) in [6, 6.07) is 15.8. The van der Waals surface area contributed by atoms with Crippen LogP contribution in [0.25, 0.3) is 17.1 Å². The lowest BCUT2D eigenvalue weighted by atomic mass is 10.2. The third kappa shape index (κ3) is 4.76. The molecular weight excluding hydrogens is 420 g/mol. The van der Waals surface area contributed by atoms with Crippen LogP contribution in [0.2, 0.25) is 5.02 Å². The van der Waals surface area contributed by atoms with Crippen molar-refractivity contribution in [2.24, 2.45) is 0 Å². The standard InChI is InChI=1S/C22H19ClN4O4/c1-29-11-12-31-22-17(7-3-9-24-22)25-21(28)18-14-19(20-8-4-10-30-20)27(26-18)16-6-2-5-15(23)13-16/h2-10,13-14H,11-12H2,1H3,(H,25,28). The molecular formula is C22H19ClN4O4. The first-order valence-corrected chi connectivity index (χ1v) is 9.81. The van der Waals surface area contributed by atoms with Crippen LogP contribution in [-0.2, 0) is 4.74 Å². The molecule has 8 nitrogen and oxygen atoms in total. The molecule has 4 aromatic rings. The molecule has 158 valence electrons. The Balaban J connectivity index is 1.65. The Bertz CT molecular complexity index is 1170. The fraction of sp³-hybridized carbons (Fsp3) is 0.136. The maximum Gasteiger partial charge on any atom is 0.276 e.